The first-order valence-corrected chi connectivity index (χ1v) is 12.2. The summed E-state index contributed by atoms with van der Waals surface area (Å²) >= 11 is 0. The number of carbonyl (C=O) groups excluding carboxylic acids is 4. The van der Waals surface area contributed by atoms with E-state index >= 15 is 0 Å². The number of hydrogen-bond acceptors (Lipinski definition) is 7. The standard InChI is InChI=1S/C25H39N5O7/c1-13(2)11-17(26)22(33)29-19(12-15-5-7-16(31)8-6-15)23(34)30-21(14(3)4)24(35)28-18(25(36)37)9-10-20(27)32/h5-8,13-14,17-19,21,31H,9-12,26H2,1-4H3,(H2,27,32)(H,28,35)(H,29,33)(H,30,34)(H,36,37). The Morgan fingerprint density at radius 3 is 1.92 bits per heavy atom. The monoisotopic (exact) mass is 521 g/mol. The quantitative estimate of drug-likeness (QED) is 0.163. The number of carbonyl (C=O) groups is 5. The van der Waals surface area contributed by atoms with Gasteiger partial charge in [-0.1, -0.05) is 39.8 Å². The predicted molar refractivity (Wildman–Crippen MR) is 136 cm³/mol. The third kappa shape index (κ3) is 11.3. The second kappa shape index (κ2) is 14.8. The van der Waals surface area contributed by atoms with Crippen LogP contribution < -0.4 is 27.4 Å². The zero-order chi connectivity index (χ0) is 28.3. The number of rotatable bonds is 15. The lowest BCUT2D eigenvalue weighted by molar-refractivity contribution is -0.143. The molecule has 4 amide bonds. The fourth-order valence-corrected chi connectivity index (χ4v) is 3.56. The molecule has 0 saturated heterocycles. The zero-order valence-corrected chi connectivity index (χ0v) is 21.7. The number of hydrogen-bond donors (Lipinski definition) is 7. The van der Waals surface area contributed by atoms with Crippen molar-refractivity contribution in [3.8, 4) is 5.75 Å². The number of nitrogens with two attached hydrogens (primary N) is 2. The molecule has 206 valence electrons. The van der Waals surface area contributed by atoms with Gasteiger partial charge in [-0.25, -0.2) is 4.79 Å². The minimum absolute atomic E-state index is 0.0357. The van der Waals surface area contributed by atoms with E-state index in [1.54, 1.807) is 26.0 Å². The molecule has 1 aromatic rings. The number of carboxylic acid groups (broad SMARTS) is 1. The van der Waals surface area contributed by atoms with Gasteiger partial charge in [0, 0.05) is 12.8 Å². The van der Waals surface area contributed by atoms with Gasteiger partial charge in [-0.05, 0) is 42.4 Å². The highest BCUT2D eigenvalue weighted by Gasteiger charge is 2.32. The van der Waals surface area contributed by atoms with Gasteiger partial charge >= 0.3 is 5.97 Å². The second-order valence-electron chi connectivity index (χ2n) is 9.80. The third-order valence-corrected chi connectivity index (χ3v) is 5.61. The molecule has 4 atom stereocenters. The molecule has 4 unspecified atom stereocenters. The van der Waals surface area contributed by atoms with E-state index < -0.39 is 59.7 Å². The van der Waals surface area contributed by atoms with Crippen LogP contribution in [0.25, 0.3) is 0 Å². The Hall–Kier alpha value is -3.67. The van der Waals surface area contributed by atoms with Crippen molar-refractivity contribution in [3.05, 3.63) is 29.8 Å². The van der Waals surface area contributed by atoms with Crippen LogP contribution in [0.15, 0.2) is 24.3 Å². The van der Waals surface area contributed by atoms with Gasteiger partial charge in [0.05, 0.1) is 6.04 Å². The first-order valence-electron chi connectivity index (χ1n) is 12.2. The van der Waals surface area contributed by atoms with Crippen LogP contribution in [-0.2, 0) is 30.4 Å². The van der Waals surface area contributed by atoms with Crippen LogP contribution in [0.4, 0.5) is 0 Å². The van der Waals surface area contributed by atoms with Crippen molar-refractivity contribution in [2.75, 3.05) is 0 Å². The van der Waals surface area contributed by atoms with Crippen molar-refractivity contribution in [2.45, 2.75) is 77.5 Å². The summed E-state index contributed by atoms with van der Waals surface area (Å²) in [5.41, 5.74) is 11.7. The molecule has 1 aromatic carbocycles. The van der Waals surface area contributed by atoms with Gasteiger partial charge in [0.25, 0.3) is 0 Å². The maximum Gasteiger partial charge on any atom is 0.326 e. The highest BCUT2D eigenvalue weighted by molar-refractivity contribution is 5.94. The molecule has 0 spiro atoms. The number of benzene rings is 1. The van der Waals surface area contributed by atoms with Crippen LogP contribution >= 0.6 is 0 Å². The lowest BCUT2D eigenvalue weighted by Gasteiger charge is -2.27. The Morgan fingerprint density at radius 1 is 0.865 bits per heavy atom. The third-order valence-electron chi connectivity index (χ3n) is 5.61. The molecule has 12 nitrogen and oxygen atoms in total. The lowest BCUT2D eigenvalue weighted by atomic mass is 9.99. The summed E-state index contributed by atoms with van der Waals surface area (Å²) in [6, 6.07) is 1.62. The number of nitrogens with one attached hydrogen (secondary N) is 3. The van der Waals surface area contributed by atoms with E-state index in [9.17, 15) is 34.2 Å². The lowest BCUT2D eigenvalue weighted by Crippen LogP contribution is -2.59. The van der Waals surface area contributed by atoms with Crippen LogP contribution in [0.5, 0.6) is 5.75 Å². The largest absolute Gasteiger partial charge is 0.508 e. The van der Waals surface area contributed by atoms with Gasteiger partial charge in [-0.15, -0.1) is 0 Å². The van der Waals surface area contributed by atoms with Crippen molar-refractivity contribution in [3.63, 3.8) is 0 Å². The van der Waals surface area contributed by atoms with E-state index in [1.165, 1.54) is 12.1 Å². The molecular formula is C25H39N5O7. The Kier molecular flexibility index (Phi) is 12.5. The summed E-state index contributed by atoms with van der Waals surface area (Å²) in [4.78, 5) is 61.5. The number of aliphatic carboxylic acids is 1. The van der Waals surface area contributed by atoms with Crippen LogP contribution in [-0.4, -0.2) is 64.0 Å². The van der Waals surface area contributed by atoms with Crippen LogP contribution in [0.2, 0.25) is 0 Å². The first kappa shape index (κ1) is 31.4. The number of amides is 4. The average Bonchev–Trinajstić information content (AvgIpc) is 2.79. The molecule has 0 aliphatic carbocycles. The Balaban J connectivity index is 3.09. The van der Waals surface area contributed by atoms with Gasteiger partial charge < -0.3 is 37.6 Å². The smallest absolute Gasteiger partial charge is 0.326 e. The molecule has 0 bridgehead atoms. The number of phenolic OH excluding ortho intramolecular Hbond substituents is 1. The van der Waals surface area contributed by atoms with Gasteiger partial charge in [0.2, 0.25) is 23.6 Å². The molecule has 0 radical (unpaired) electrons. The predicted octanol–water partition coefficient (Wildman–Crippen LogP) is -0.231. The maximum atomic E-state index is 13.3. The average molecular weight is 522 g/mol. The SMILES string of the molecule is CC(C)CC(N)C(=O)NC(Cc1ccc(O)cc1)C(=O)NC(C(=O)NC(CCC(N)=O)C(=O)O)C(C)C. The van der Waals surface area contributed by atoms with Crippen molar-refractivity contribution in [2.24, 2.45) is 23.3 Å². The van der Waals surface area contributed by atoms with E-state index in [4.69, 9.17) is 11.5 Å². The molecule has 0 saturated carbocycles. The summed E-state index contributed by atoms with van der Waals surface area (Å²) < 4.78 is 0. The number of phenols is 1. The van der Waals surface area contributed by atoms with E-state index in [2.05, 4.69) is 16.0 Å². The molecule has 37 heavy (non-hydrogen) atoms. The van der Waals surface area contributed by atoms with Gasteiger partial charge in [-0.2, -0.15) is 0 Å². The second-order valence-corrected chi connectivity index (χ2v) is 9.80. The molecule has 0 fully saturated rings. The zero-order valence-electron chi connectivity index (χ0n) is 21.7. The topological polar surface area (TPSA) is 214 Å². The van der Waals surface area contributed by atoms with E-state index in [0.29, 0.717) is 12.0 Å². The molecule has 9 N–H and O–H groups in total. The van der Waals surface area contributed by atoms with Crippen molar-refractivity contribution in [1.82, 2.24) is 16.0 Å². The number of carboxylic acids is 1. The van der Waals surface area contributed by atoms with Crippen LogP contribution in [0, 0.1) is 11.8 Å². The minimum atomic E-state index is -1.38. The normalized spacial score (nSPS) is 14.4. The number of aromatic hydroxyl groups is 1. The van der Waals surface area contributed by atoms with Crippen LogP contribution in [0.1, 0.15) is 52.5 Å². The van der Waals surface area contributed by atoms with E-state index in [0.717, 1.165) is 0 Å². The van der Waals surface area contributed by atoms with Gasteiger partial charge in [0.1, 0.15) is 23.9 Å². The summed E-state index contributed by atoms with van der Waals surface area (Å²) in [5, 5.41) is 26.5. The van der Waals surface area contributed by atoms with E-state index in [1.807, 2.05) is 13.8 Å². The molecule has 1 rings (SSSR count). The molecule has 0 aromatic heterocycles. The Labute approximate surface area is 216 Å². The first-order chi connectivity index (χ1) is 17.2. The minimum Gasteiger partial charge on any atom is -0.508 e. The fourth-order valence-electron chi connectivity index (χ4n) is 3.56. The summed E-state index contributed by atoms with van der Waals surface area (Å²) in [5.74, 6) is -4.27. The van der Waals surface area contributed by atoms with E-state index in [-0.39, 0.29) is 30.9 Å². The highest BCUT2D eigenvalue weighted by Crippen LogP contribution is 2.13. The Morgan fingerprint density at radius 2 is 1.43 bits per heavy atom. The summed E-state index contributed by atoms with van der Waals surface area (Å²) in [7, 11) is 0. The molecule has 0 aliphatic heterocycles. The van der Waals surface area contributed by atoms with Crippen molar-refractivity contribution < 1.29 is 34.2 Å². The number of primary amides is 1. The summed E-state index contributed by atoms with van der Waals surface area (Å²) in [6.45, 7) is 7.15. The van der Waals surface area contributed by atoms with Gasteiger partial charge in [-0.3, -0.25) is 19.2 Å². The fraction of sp³-hybridized carbons (Fsp3) is 0.560. The van der Waals surface area contributed by atoms with Gasteiger partial charge in [0.15, 0.2) is 0 Å². The molecule has 12 heteroatoms. The van der Waals surface area contributed by atoms with Crippen molar-refractivity contribution in [1.29, 1.82) is 0 Å². The molecular weight excluding hydrogens is 482 g/mol. The molecule has 0 heterocycles. The maximum absolute atomic E-state index is 13.3. The molecule has 0 aliphatic rings. The summed E-state index contributed by atoms with van der Waals surface area (Å²) in [6.07, 6.45) is 0.00307. The Bertz CT molecular complexity index is 949. The highest BCUT2D eigenvalue weighted by atomic mass is 16.4. The van der Waals surface area contributed by atoms with Crippen LogP contribution in [0.3, 0.4) is 0 Å². The van der Waals surface area contributed by atoms with Crippen molar-refractivity contribution >= 4 is 29.6 Å².